The highest BCUT2D eigenvalue weighted by atomic mass is 32.1. The number of carbonyl (C=O) groups is 6. The molecule has 0 aliphatic carbocycles. The standard InChI is InChI=1S/C46H70N6O9S/c1-9-11-12-14-23-52(44(58)33(16-10-2)27-48-42(57)37-17-13-15-22-51(37)8)38(30(3)4)25-39(61-31(5)53)43-50-36(29-62-43)41(56)49-35(26-46(6,7)45(59)60)24-32-18-20-34(21-19-32)47-28-40(54)55/h18-21,27,29-30,33,35,37-39,47H,9-17,22-26,28H2,1-8H3,(H,49,56)(H,54,55)(H,59,60)/b48-27-/t33?,35-,37+,38+,39+/m0/s1. The number of unbranched alkanes of at least 4 members (excludes halogenated alkanes) is 3. The third-order valence-electron chi connectivity index (χ3n) is 11.4. The number of nitrogens with one attached hydrogen (secondary N) is 2. The van der Waals surface area contributed by atoms with Gasteiger partial charge in [0, 0.05) is 49.3 Å². The number of nitrogens with zero attached hydrogens (tertiary/aromatic N) is 4. The van der Waals surface area contributed by atoms with Gasteiger partial charge < -0.3 is 30.5 Å². The number of piperidine rings is 1. The largest absolute Gasteiger partial charge is 0.481 e. The summed E-state index contributed by atoms with van der Waals surface area (Å²) in [6.07, 6.45) is 9.00. The predicted octanol–water partition coefficient (Wildman–Crippen LogP) is 7.41. The smallest absolute Gasteiger partial charge is 0.322 e. The van der Waals surface area contributed by atoms with Gasteiger partial charge in [-0.25, -0.2) is 9.98 Å². The first kappa shape index (κ1) is 51.6. The fraction of sp³-hybridized carbons (Fsp3) is 0.652. The minimum Gasteiger partial charge on any atom is -0.481 e. The number of aliphatic imine (C=N–C) groups is 1. The Hall–Kier alpha value is -4.70. The van der Waals surface area contributed by atoms with Gasteiger partial charge in [0.05, 0.1) is 17.4 Å². The van der Waals surface area contributed by atoms with E-state index < -0.39 is 53.3 Å². The van der Waals surface area contributed by atoms with Gasteiger partial charge in [0.15, 0.2) is 6.10 Å². The van der Waals surface area contributed by atoms with Gasteiger partial charge in [0.1, 0.15) is 17.2 Å². The van der Waals surface area contributed by atoms with Gasteiger partial charge in [-0.15, -0.1) is 11.3 Å². The summed E-state index contributed by atoms with van der Waals surface area (Å²) >= 11 is 1.16. The van der Waals surface area contributed by atoms with Crippen LogP contribution in [0.1, 0.15) is 146 Å². The van der Waals surface area contributed by atoms with Crippen molar-refractivity contribution in [1.29, 1.82) is 0 Å². The van der Waals surface area contributed by atoms with Crippen LogP contribution < -0.4 is 10.6 Å². The molecular formula is C46H70N6O9S. The molecule has 1 aliphatic heterocycles. The molecule has 1 aliphatic rings. The molecule has 3 amide bonds. The highest BCUT2D eigenvalue weighted by molar-refractivity contribution is 7.09. The maximum absolute atomic E-state index is 14.7. The highest BCUT2D eigenvalue weighted by Gasteiger charge is 2.36. The summed E-state index contributed by atoms with van der Waals surface area (Å²) in [6.45, 7) is 13.7. The van der Waals surface area contributed by atoms with Crippen molar-refractivity contribution in [2.75, 3.05) is 32.0 Å². The number of ether oxygens (including phenoxy) is 1. The quantitative estimate of drug-likeness (QED) is 0.0414. The molecule has 1 aromatic carbocycles. The van der Waals surface area contributed by atoms with Crippen molar-refractivity contribution in [3.63, 3.8) is 0 Å². The second kappa shape index (κ2) is 25.4. The van der Waals surface area contributed by atoms with Crippen molar-refractivity contribution in [2.24, 2.45) is 22.2 Å². The van der Waals surface area contributed by atoms with E-state index in [-0.39, 0.29) is 48.9 Å². The van der Waals surface area contributed by atoms with Gasteiger partial charge in [0.25, 0.3) is 11.8 Å². The molecule has 16 heteroatoms. The van der Waals surface area contributed by atoms with Crippen molar-refractivity contribution in [1.82, 2.24) is 20.1 Å². The average molecular weight is 883 g/mol. The van der Waals surface area contributed by atoms with Crippen LogP contribution in [0.3, 0.4) is 0 Å². The van der Waals surface area contributed by atoms with E-state index in [1.807, 2.05) is 37.6 Å². The maximum atomic E-state index is 14.7. The molecule has 4 N–H and O–H groups in total. The second-order valence-electron chi connectivity index (χ2n) is 17.5. The lowest BCUT2D eigenvalue weighted by Crippen LogP contribution is -2.48. The van der Waals surface area contributed by atoms with Crippen molar-refractivity contribution < 1.29 is 43.7 Å². The van der Waals surface area contributed by atoms with E-state index in [1.54, 1.807) is 49.7 Å². The number of anilines is 1. The van der Waals surface area contributed by atoms with Crippen LogP contribution in [0.15, 0.2) is 34.6 Å². The topological polar surface area (TPSA) is 208 Å². The number of esters is 1. The molecule has 15 nitrogen and oxygen atoms in total. The summed E-state index contributed by atoms with van der Waals surface area (Å²) in [6, 6.07) is 5.72. The Morgan fingerprint density at radius 3 is 2.35 bits per heavy atom. The first-order chi connectivity index (χ1) is 29.4. The fourth-order valence-corrected chi connectivity index (χ4v) is 8.69. The van der Waals surface area contributed by atoms with Crippen molar-refractivity contribution in [3.8, 4) is 0 Å². The number of aromatic nitrogens is 1. The van der Waals surface area contributed by atoms with E-state index in [2.05, 4.69) is 27.5 Å². The average Bonchev–Trinajstić information content (AvgIpc) is 3.71. The highest BCUT2D eigenvalue weighted by Crippen LogP contribution is 2.32. The summed E-state index contributed by atoms with van der Waals surface area (Å²) < 4.78 is 5.90. The van der Waals surface area contributed by atoms with E-state index in [0.29, 0.717) is 36.5 Å². The molecule has 1 aromatic heterocycles. The van der Waals surface area contributed by atoms with Crippen molar-refractivity contribution >= 4 is 58.9 Å². The third-order valence-corrected chi connectivity index (χ3v) is 12.3. The molecule has 344 valence electrons. The van der Waals surface area contributed by atoms with E-state index in [9.17, 15) is 33.9 Å². The number of rotatable bonds is 26. The van der Waals surface area contributed by atoms with Crippen LogP contribution in [0.25, 0.3) is 0 Å². The number of aliphatic carboxylic acids is 2. The van der Waals surface area contributed by atoms with Gasteiger partial charge >= 0.3 is 17.9 Å². The maximum Gasteiger partial charge on any atom is 0.322 e. The summed E-state index contributed by atoms with van der Waals surface area (Å²) in [5, 5.41) is 26.7. The normalized spacial score (nSPS) is 16.6. The van der Waals surface area contributed by atoms with Gasteiger partial charge in [-0.1, -0.05) is 71.9 Å². The molecule has 0 radical (unpaired) electrons. The molecule has 1 fully saturated rings. The molecule has 0 bridgehead atoms. The molecule has 5 atom stereocenters. The lowest BCUT2D eigenvalue weighted by Gasteiger charge is -2.38. The van der Waals surface area contributed by atoms with Crippen LogP contribution in [0.2, 0.25) is 0 Å². The minimum absolute atomic E-state index is 0.0667. The minimum atomic E-state index is -1.18. The molecule has 1 saturated heterocycles. The Balaban J connectivity index is 1.91. The van der Waals surface area contributed by atoms with Gasteiger partial charge in [0.2, 0.25) is 5.91 Å². The molecule has 1 unspecified atom stereocenters. The molecule has 62 heavy (non-hydrogen) atoms. The zero-order valence-electron chi connectivity index (χ0n) is 38.0. The zero-order valence-corrected chi connectivity index (χ0v) is 38.8. The summed E-state index contributed by atoms with van der Waals surface area (Å²) in [4.78, 5) is 90.4. The number of hydrogen-bond acceptors (Lipinski definition) is 11. The molecule has 0 saturated carbocycles. The number of hydrogen-bond donors (Lipinski definition) is 4. The number of carboxylic acid groups (broad SMARTS) is 2. The van der Waals surface area contributed by atoms with Crippen molar-refractivity contribution in [2.45, 2.75) is 150 Å². The molecular weight excluding hydrogens is 813 g/mol. The van der Waals surface area contributed by atoms with Crippen LogP contribution in [0.4, 0.5) is 5.69 Å². The number of likely N-dealkylation sites (N-methyl/N-ethyl adjacent to an activating group) is 1. The van der Waals surface area contributed by atoms with Gasteiger partial charge in [-0.3, -0.25) is 33.7 Å². The Bertz CT molecular complexity index is 1810. The van der Waals surface area contributed by atoms with Crippen LogP contribution >= 0.6 is 11.3 Å². The number of carbonyl (C=O) groups excluding carboxylic acids is 4. The summed E-state index contributed by atoms with van der Waals surface area (Å²) in [5.74, 6) is -4.12. The van der Waals surface area contributed by atoms with E-state index in [0.717, 1.165) is 68.4 Å². The summed E-state index contributed by atoms with van der Waals surface area (Å²) in [5.41, 5.74) is 0.308. The number of carboxylic acids is 2. The third kappa shape index (κ3) is 16.5. The lowest BCUT2D eigenvalue weighted by molar-refractivity contribution is -0.149. The van der Waals surface area contributed by atoms with E-state index >= 15 is 0 Å². The van der Waals surface area contributed by atoms with E-state index in [4.69, 9.17) is 9.84 Å². The van der Waals surface area contributed by atoms with Gasteiger partial charge in [-0.2, -0.15) is 0 Å². The number of benzene rings is 1. The molecule has 2 aromatic rings. The van der Waals surface area contributed by atoms with Crippen LogP contribution in [-0.4, -0.2) is 112 Å². The second-order valence-corrected chi connectivity index (χ2v) is 18.4. The summed E-state index contributed by atoms with van der Waals surface area (Å²) in [7, 11) is 1.93. The Labute approximate surface area is 371 Å². The fourth-order valence-electron chi connectivity index (χ4n) is 7.85. The van der Waals surface area contributed by atoms with Gasteiger partial charge in [-0.05, 0) is 89.6 Å². The van der Waals surface area contributed by atoms with Crippen LogP contribution in [0, 0.1) is 17.3 Å². The lowest BCUT2D eigenvalue weighted by atomic mass is 9.84. The predicted molar refractivity (Wildman–Crippen MR) is 241 cm³/mol. The first-order valence-electron chi connectivity index (χ1n) is 22.2. The first-order valence-corrected chi connectivity index (χ1v) is 23.0. The van der Waals surface area contributed by atoms with Crippen molar-refractivity contribution in [3.05, 3.63) is 45.9 Å². The molecule has 0 spiro atoms. The Morgan fingerprint density at radius 1 is 1.05 bits per heavy atom. The van der Waals surface area contributed by atoms with Crippen LogP contribution in [0.5, 0.6) is 0 Å². The number of thiazole rings is 1. The Morgan fingerprint density at radius 2 is 1.76 bits per heavy atom. The SMILES string of the molecule is CCCCCCN(C(=O)C(/C=N\C(=O)[C@H]1CCCCN1C)CCC)[C@H](C[C@@H](OC(C)=O)c1nc(C(=O)N[C@@H](Cc2ccc(NCC(=O)O)cc2)CC(C)(C)C(=O)O)cs1)C(C)C. The monoisotopic (exact) mass is 882 g/mol. The van der Waals surface area contributed by atoms with Crippen LogP contribution in [-0.2, 0) is 35.1 Å². The molecule has 2 heterocycles. The van der Waals surface area contributed by atoms with E-state index in [1.165, 1.54) is 6.92 Å². The Kier molecular flexibility index (Phi) is 21.2. The zero-order chi connectivity index (χ0) is 46.0. The number of likely N-dealkylation sites (tertiary alicyclic amines) is 1. The molecule has 3 rings (SSSR count). The number of amides is 3.